The third-order valence-electron chi connectivity index (χ3n) is 2.51. The fourth-order valence-electron chi connectivity index (χ4n) is 1.58. The monoisotopic (exact) mass is 249 g/mol. The van der Waals surface area contributed by atoms with Gasteiger partial charge in [0.15, 0.2) is 0 Å². The number of esters is 1. The van der Waals surface area contributed by atoms with E-state index >= 15 is 0 Å². The summed E-state index contributed by atoms with van der Waals surface area (Å²) in [5.74, 6) is -0.533. The molecule has 4 nitrogen and oxygen atoms in total. The Hall–Kier alpha value is -1.84. The van der Waals surface area contributed by atoms with Gasteiger partial charge in [-0.2, -0.15) is 0 Å². The van der Waals surface area contributed by atoms with Crippen LogP contribution in [-0.4, -0.2) is 36.0 Å². The van der Waals surface area contributed by atoms with Crippen molar-refractivity contribution in [1.29, 1.82) is 0 Å². The Bertz CT molecular complexity index is 401. The maximum atomic E-state index is 12.2. The molecule has 1 rings (SSSR count). The standard InChI is InChI=1S/C14H19NO3/c1-4-18-13(16)10-15(11(2)3)14(17)12-8-6-5-7-9-12/h5-9,11H,4,10H2,1-3H3. The van der Waals surface area contributed by atoms with Crippen molar-refractivity contribution in [2.24, 2.45) is 0 Å². The molecule has 0 saturated carbocycles. The molecule has 0 fully saturated rings. The molecule has 0 aliphatic rings. The smallest absolute Gasteiger partial charge is 0.325 e. The van der Waals surface area contributed by atoms with Crippen molar-refractivity contribution in [3.63, 3.8) is 0 Å². The minimum atomic E-state index is -0.379. The maximum Gasteiger partial charge on any atom is 0.325 e. The SMILES string of the molecule is CCOC(=O)CN(C(=O)c1ccccc1)C(C)C. The molecule has 98 valence electrons. The highest BCUT2D eigenvalue weighted by atomic mass is 16.5. The zero-order valence-corrected chi connectivity index (χ0v) is 11.1. The molecule has 0 aliphatic heterocycles. The lowest BCUT2D eigenvalue weighted by Crippen LogP contribution is -2.41. The van der Waals surface area contributed by atoms with Gasteiger partial charge in [-0.25, -0.2) is 0 Å². The largest absolute Gasteiger partial charge is 0.465 e. The number of ether oxygens (including phenoxy) is 1. The zero-order chi connectivity index (χ0) is 13.5. The van der Waals surface area contributed by atoms with E-state index in [-0.39, 0.29) is 24.5 Å². The van der Waals surface area contributed by atoms with Crippen LogP contribution in [0.1, 0.15) is 31.1 Å². The Morgan fingerprint density at radius 3 is 2.33 bits per heavy atom. The fourth-order valence-corrected chi connectivity index (χ4v) is 1.58. The van der Waals surface area contributed by atoms with Gasteiger partial charge in [-0.3, -0.25) is 9.59 Å². The Morgan fingerprint density at radius 1 is 1.22 bits per heavy atom. The highest BCUT2D eigenvalue weighted by Crippen LogP contribution is 2.08. The Kier molecular flexibility index (Phi) is 5.36. The number of carbonyl (C=O) groups excluding carboxylic acids is 2. The highest BCUT2D eigenvalue weighted by Gasteiger charge is 2.21. The number of benzene rings is 1. The normalized spacial score (nSPS) is 10.2. The van der Waals surface area contributed by atoms with Crippen LogP contribution in [0.5, 0.6) is 0 Å². The first-order valence-electron chi connectivity index (χ1n) is 6.08. The van der Waals surface area contributed by atoms with Crippen molar-refractivity contribution in [3.05, 3.63) is 35.9 Å². The van der Waals surface area contributed by atoms with Gasteiger partial charge in [0.2, 0.25) is 0 Å². The van der Waals surface area contributed by atoms with Crippen molar-refractivity contribution in [2.45, 2.75) is 26.8 Å². The summed E-state index contributed by atoms with van der Waals surface area (Å²) in [5, 5.41) is 0. The van der Waals surface area contributed by atoms with Crippen LogP contribution in [0.3, 0.4) is 0 Å². The summed E-state index contributed by atoms with van der Waals surface area (Å²) < 4.78 is 4.88. The molecule has 0 atom stereocenters. The average molecular weight is 249 g/mol. The predicted molar refractivity (Wildman–Crippen MR) is 69.2 cm³/mol. The van der Waals surface area contributed by atoms with Crippen LogP contribution in [0.25, 0.3) is 0 Å². The molecule has 0 unspecified atom stereocenters. The summed E-state index contributed by atoms with van der Waals surface area (Å²) in [6.45, 7) is 5.81. The van der Waals surface area contributed by atoms with Gasteiger partial charge < -0.3 is 9.64 Å². The van der Waals surface area contributed by atoms with Crippen molar-refractivity contribution < 1.29 is 14.3 Å². The number of hydrogen-bond acceptors (Lipinski definition) is 3. The number of nitrogens with zero attached hydrogens (tertiary/aromatic N) is 1. The first-order valence-corrected chi connectivity index (χ1v) is 6.08. The molecule has 0 spiro atoms. The van der Waals surface area contributed by atoms with Gasteiger partial charge in [0, 0.05) is 11.6 Å². The first kappa shape index (κ1) is 14.2. The van der Waals surface area contributed by atoms with Gasteiger partial charge in [0.25, 0.3) is 5.91 Å². The molecule has 1 amide bonds. The van der Waals surface area contributed by atoms with Crippen LogP contribution in [0.2, 0.25) is 0 Å². The molecule has 0 heterocycles. The molecular weight excluding hydrogens is 230 g/mol. The number of carbonyl (C=O) groups is 2. The van der Waals surface area contributed by atoms with Gasteiger partial charge in [0.05, 0.1) is 6.61 Å². The predicted octanol–water partition coefficient (Wildman–Crippen LogP) is 2.10. The van der Waals surface area contributed by atoms with E-state index in [0.717, 1.165) is 0 Å². The van der Waals surface area contributed by atoms with Crippen molar-refractivity contribution >= 4 is 11.9 Å². The average Bonchev–Trinajstić information content (AvgIpc) is 2.36. The minimum Gasteiger partial charge on any atom is -0.465 e. The second kappa shape index (κ2) is 6.79. The van der Waals surface area contributed by atoms with Crippen LogP contribution in [0.4, 0.5) is 0 Å². The van der Waals surface area contributed by atoms with Crippen LogP contribution in [-0.2, 0) is 9.53 Å². The summed E-state index contributed by atoms with van der Waals surface area (Å²) in [4.78, 5) is 25.2. The van der Waals surface area contributed by atoms with E-state index in [1.165, 1.54) is 4.90 Å². The molecule has 0 radical (unpaired) electrons. The fraction of sp³-hybridized carbons (Fsp3) is 0.429. The number of rotatable bonds is 5. The second-order valence-electron chi connectivity index (χ2n) is 4.20. The van der Waals surface area contributed by atoms with Crippen LogP contribution < -0.4 is 0 Å². The Labute approximate surface area is 108 Å². The number of hydrogen-bond donors (Lipinski definition) is 0. The molecular formula is C14H19NO3. The Morgan fingerprint density at radius 2 is 1.83 bits per heavy atom. The van der Waals surface area contributed by atoms with Crippen molar-refractivity contribution in [1.82, 2.24) is 4.90 Å². The van der Waals surface area contributed by atoms with E-state index in [0.29, 0.717) is 12.2 Å². The number of amides is 1. The van der Waals surface area contributed by atoms with Gasteiger partial charge in [-0.05, 0) is 32.9 Å². The summed E-state index contributed by atoms with van der Waals surface area (Å²) in [5.41, 5.74) is 0.579. The van der Waals surface area contributed by atoms with Gasteiger partial charge in [-0.1, -0.05) is 18.2 Å². The molecule has 18 heavy (non-hydrogen) atoms. The molecule has 0 bridgehead atoms. The highest BCUT2D eigenvalue weighted by molar-refractivity contribution is 5.96. The summed E-state index contributed by atoms with van der Waals surface area (Å²) >= 11 is 0. The van der Waals surface area contributed by atoms with E-state index < -0.39 is 0 Å². The summed E-state index contributed by atoms with van der Waals surface area (Å²) in [7, 11) is 0. The van der Waals surface area contributed by atoms with E-state index in [1.807, 2.05) is 19.9 Å². The van der Waals surface area contributed by atoms with Crippen molar-refractivity contribution in [2.75, 3.05) is 13.2 Å². The molecule has 1 aromatic carbocycles. The van der Waals surface area contributed by atoms with Crippen molar-refractivity contribution in [3.8, 4) is 0 Å². The molecule has 0 aliphatic carbocycles. The van der Waals surface area contributed by atoms with E-state index in [9.17, 15) is 9.59 Å². The molecule has 0 aromatic heterocycles. The molecule has 0 N–H and O–H groups in total. The van der Waals surface area contributed by atoms with E-state index in [2.05, 4.69) is 0 Å². The molecule has 0 saturated heterocycles. The molecule has 1 aromatic rings. The lowest BCUT2D eigenvalue weighted by atomic mass is 10.1. The van der Waals surface area contributed by atoms with E-state index in [1.54, 1.807) is 31.2 Å². The quantitative estimate of drug-likeness (QED) is 0.751. The molecule has 4 heteroatoms. The van der Waals surface area contributed by atoms with Gasteiger partial charge in [0.1, 0.15) is 6.54 Å². The van der Waals surface area contributed by atoms with Crippen LogP contribution in [0.15, 0.2) is 30.3 Å². The summed E-state index contributed by atoms with van der Waals surface area (Å²) in [6, 6.07) is 8.88. The van der Waals surface area contributed by atoms with Gasteiger partial charge in [-0.15, -0.1) is 0 Å². The maximum absolute atomic E-state index is 12.2. The van der Waals surface area contributed by atoms with Crippen LogP contribution >= 0.6 is 0 Å². The zero-order valence-electron chi connectivity index (χ0n) is 11.1. The lowest BCUT2D eigenvalue weighted by molar-refractivity contribution is -0.144. The van der Waals surface area contributed by atoms with E-state index in [4.69, 9.17) is 4.74 Å². The van der Waals surface area contributed by atoms with Crippen LogP contribution in [0, 0.1) is 0 Å². The second-order valence-corrected chi connectivity index (χ2v) is 4.20. The third-order valence-corrected chi connectivity index (χ3v) is 2.51. The topological polar surface area (TPSA) is 46.6 Å². The van der Waals surface area contributed by atoms with Gasteiger partial charge >= 0.3 is 5.97 Å². The third kappa shape index (κ3) is 3.87. The lowest BCUT2D eigenvalue weighted by Gasteiger charge is -2.25. The minimum absolute atomic E-state index is 0.0146. The summed E-state index contributed by atoms with van der Waals surface area (Å²) in [6.07, 6.45) is 0. The Balaban J connectivity index is 2.79. The first-order chi connectivity index (χ1) is 8.56.